The third kappa shape index (κ3) is 3.31. The summed E-state index contributed by atoms with van der Waals surface area (Å²) in [5.41, 5.74) is 9.96. The fourth-order valence-corrected chi connectivity index (χ4v) is 2.92. The van der Waals surface area contributed by atoms with E-state index in [1.165, 1.54) is 5.01 Å². The number of amides is 1. The van der Waals surface area contributed by atoms with Gasteiger partial charge in [0.1, 0.15) is 0 Å². The summed E-state index contributed by atoms with van der Waals surface area (Å²) >= 11 is 0. The minimum atomic E-state index is -0.249. The first-order chi connectivity index (χ1) is 12.5. The van der Waals surface area contributed by atoms with E-state index in [2.05, 4.69) is 28.8 Å². The smallest absolute Gasteiger partial charge is 0.299 e. The fourth-order valence-electron chi connectivity index (χ4n) is 2.92. The van der Waals surface area contributed by atoms with Crippen molar-refractivity contribution in [2.45, 2.75) is 20.8 Å². The maximum absolute atomic E-state index is 12.7. The summed E-state index contributed by atoms with van der Waals surface area (Å²) < 4.78 is 0. The second kappa shape index (κ2) is 7.39. The summed E-state index contributed by atoms with van der Waals surface area (Å²) in [5, 5.41) is 5.71. The van der Waals surface area contributed by atoms with Crippen LogP contribution in [0.15, 0.2) is 58.6 Å². The van der Waals surface area contributed by atoms with Crippen LogP contribution in [0.3, 0.4) is 0 Å². The highest BCUT2D eigenvalue weighted by atomic mass is 16.2. The molecule has 1 aliphatic rings. The highest BCUT2D eigenvalue weighted by molar-refractivity contribution is 6.71. The van der Waals surface area contributed by atoms with Crippen LogP contribution in [0.5, 0.6) is 0 Å². The van der Waals surface area contributed by atoms with Gasteiger partial charge in [0, 0.05) is 18.8 Å². The second-order valence-corrected chi connectivity index (χ2v) is 6.01. The van der Waals surface area contributed by atoms with E-state index >= 15 is 0 Å². The molecule has 1 amide bonds. The lowest BCUT2D eigenvalue weighted by atomic mass is 10.2. The Labute approximate surface area is 153 Å². The Morgan fingerprint density at radius 3 is 2.42 bits per heavy atom. The first-order valence-electron chi connectivity index (χ1n) is 8.73. The van der Waals surface area contributed by atoms with Crippen LogP contribution in [-0.2, 0) is 4.79 Å². The van der Waals surface area contributed by atoms with E-state index in [0.29, 0.717) is 28.5 Å². The van der Waals surface area contributed by atoms with Crippen molar-refractivity contribution in [2.75, 3.05) is 28.7 Å². The van der Waals surface area contributed by atoms with Crippen LogP contribution in [0.1, 0.15) is 20.8 Å². The number of para-hydroxylation sites is 1. The Hall–Kier alpha value is -3.15. The Morgan fingerprint density at radius 1 is 1.12 bits per heavy atom. The van der Waals surface area contributed by atoms with E-state index in [0.717, 1.165) is 18.8 Å². The molecule has 0 fully saturated rings. The molecule has 6 heteroatoms. The first kappa shape index (κ1) is 17.7. The van der Waals surface area contributed by atoms with Gasteiger partial charge in [0.15, 0.2) is 5.71 Å². The molecule has 26 heavy (non-hydrogen) atoms. The predicted octanol–water partition coefficient (Wildman–Crippen LogP) is 3.61. The van der Waals surface area contributed by atoms with Gasteiger partial charge in [-0.25, -0.2) is 4.99 Å². The molecule has 0 spiro atoms. The second-order valence-electron chi connectivity index (χ2n) is 6.01. The van der Waals surface area contributed by atoms with Gasteiger partial charge in [0.2, 0.25) is 0 Å². The van der Waals surface area contributed by atoms with Crippen LogP contribution in [-0.4, -0.2) is 30.4 Å². The first-order valence-corrected chi connectivity index (χ1v) is 8.73. The van der Waals surface area contributed by atoms with Crippen LogP contribution in [0.25, 0.3) is 0 Å². The Balaban J connectivity index is 1.91. The number of nitrogen functional groups attached to an aromatic ring is 1. The SMILES string of the molecule is CCN(CC)c1ccc(N=C2C(=O)N(c3ccccc3)N=C2C)c(N)c1. The van der Waals surface area contributed by atoms with Crippen LogP contribution in [0.2, 0.25) is 0 Å². The average Bonchev–Trinajstić information content (AvgIpc) is 2.93. The molecule has 2 aromatic rings. The van der Waals surface area contributed by atoms with Crippen LogP contribution < -0.4 is 15.6 Å². The molecule has 134 valence electrons. The van der Waals surface area contributed by atoms with E-state index in [4.69, 9.17) is 5.73 Å². The van der Waals surface area contributed by atoms with E-state index in [-0.39, 0.29) is 5.91 Å². The van der Waals surface area contributed by atoms with Crippen molar-refractivity contribution in [3.8, 4) is 0 Å². The zero-order valence-corrected chi connectivity index (χ0v) is 15.3. The third-order valence-electron chi connectivity index (χ3n) is 4.36. The maximum Gasteiger partial charge on any atom is 0.299 e. The van der Waals surface area contributed by atoms with E-state index in [9.17, 15) is 4.79 Å². The molecule has 0 aromatic heterocycles. The minimum absolute atomic E-state index is 0.249. The normalized spacial score (nSPS) is 15.5. The van der Waals surface area contributed by atoms with Gasteiger partial charge in [-0.3, -0.25) is 4.79 Å². The molecule has 2 aromatic carbocycles. The minimum Gasteiger partial charge on any atom is -0.397 e. The lowest BCUT2D eigenvalue weighted by Gasteiger charge is -2.21. The van der Waals surface area contributed by atoms with Crippen molar-refractivity contribution in [1.29, 1.82) is 0 Å². The summed E-state index contributed by atoms with van der Waals surface area (Å²) in [7, 11) is 0. The molecular weight excluding hydrogens is 326 g/mol. The average molecular weight is 349 g/mol. The Morgan fingerprint density at radius 2 is 1.81 bits per heavy atom. The molecule has 0 bridgehead atoms. The number of hydrogen-bond acceptors (Lipinski definition) is 5. The van der Waals surface area contributed by atoms with Crippen LogP contribution in [0.4, 0.5) is 22.7 Å². The monoisotopic (exact) mass is 349 g/mol. The van der Waals surface area contributed by atoms with E-state index < -0.39 is 0 Å². The summed E-state index contributed by atoms with van der Waals surface area (Å²) in [6, 6.07) is 15.0. The maximum atomic E-state index is 12.7. The number of aliphatic imine (C=N–C) groups is 1. The number of carbonyl (C=O) groups excluding carboxylic acids is 1. The fraction of sp³-hybridized carbons (Fsp3) is 0.250. The number of benzene rings is 2. The molecule has 1 heterocycles. The molecule has 3 rings (SSSR count). The Bertz CT molecular complexity index is 869. The standard InChI is InChI=1S/C20H23N5O/c1-4-24(5-2)16-11-12-18(17(21)13-16)22-19-14(3)23-25(20(19)26)15-9-7-6-8-10-15/h6-13H,4-5,21H2,1-3H3. The molecule has 1 aliphatic heterocycles. The number of hydrazone groups is 1. The lowest BCUT2D eigenvalue weighted by Crippen LogP contribution is -2.27. The zero-order valence-electron chi connectivity index (χ0n) is 15.3. The van der Waals surface area contributed by atoms with Crippen molar-refractivity contribution < 1.29 is 4.79 Å². The molecule has 0 radical (unpaired) electrons. The summed E-state index contributed by atoms with van der Waals surface area (Å²) in [6.45, 7) is 7.78. The molecule has 0 unspecified atom stereocenters. The van der Waals surface area contributed by atoms with Gasteiger partial charge in [-0.05, 0) is 51.1 Å². The number of hydrogen-bond donors (Lipinski definition) is 1. The number of rotatable bonds is 5. The van der Waals surface area contributed by atoms with Crippen molar-refractivity contribution >= 4 is 40.1 Å². The Kier molecular flexibility index (Phi) is 5.02. The molecule has 6 nitrogen and oxygen atoms in total. The predicted molar refractivity (Wildman–Crippen MR) is 109 cm³/mol. The molecule has 0 atom stereocenters. The van der Waals surface area contributed by atoms with Gasteiger partial charge in [-0.1, -0.05) is 18.2 Å². The third-order valence-corrected chi connectivity index (χ3v) is 4.36. The van der Waals surface area contributed by atoms with Crippen molar-refractivity contribution in [2.24, 2.45) is 10.1 Å². The van der Waals surface area contributed by atoms with Gasteiger partial charge >= 0.3 is 0 Å². The summed E-state index contributed by atoms with van der Waals surface area (Å²) in [4.78, 5) is 19.4. The largest absolute Gasteiger partial charge is 0.397 e. The molecule has 0 aliphatic carbocycles. The van der Waals surface area contributed by atoms with Gasteiger partial charge in [-0.2, -0.15) is 10.1 Å². The van der Waals surface area contributed by atoms with Gasteiger partial charge < -0.3 is 10.6 Å². The highest BCUT2D eigenvalue weighted by Crippen LogP contribution is 2.29. The van der Waals surface area contributed by atoms with Crippen molar-refractivity contribution in [1.82, 2.24) is 0 Å². The molecule has 2 N–H and O–H groups in total. The highest BCUT2D eigenvalue weighted by Gasteiger charge is 2.30. The summed E-state index contributed by atoms with van der Waals surface area (Å²) in [5.74, 6) is -0.249. The molecule has 0 saturated heterocycles. The topological polar surface area (TPSA) is 74.3 Å². The number of carbonyl (C=O) groups is 1. The van der Waals surface area contributed by atoms with E-state index in [1.807, 2.05) is 48.5 Å². The quantitative estimate of drug-likeness (QED) is 0.838. The number of nitrogens with two attached hydrogens (primary N) is 1. The molecule has 0 saturated carbocycles. The van der Waals surface area contributed by atoms with Gasteiger partial charge in [0.25, 0.3) is 5.91 Å². The number of anilines is 3. The van der Waals surface area contributed by atoms with Gasteiger partial charge in [-0.15, -0.1) is 0 Å². The summed E-state index contributed by atoms with van der Waals surface area (Å²) in [6.07, 6.45) is 0. The molecular formula is C20H23N5O. The number of nitrogens with zero attached hydrogens (tertiary/aromatic N) is 4. The zero-order chi connectivity index (χ0) is 18.7. The van der Waals surface area contributed by atoms with Crippen LogP contribution in [0, 0.1) is 0 Å². The van der Waals surface area contributed by atoms with Crippen LogP contribution >= 0.6 is 0 Å². The van der Waals surface area contributed by atoms with Crippen molar-refractivity contribution in [3.63, 3.8) is 0 Å². The van der Waals surface area contributed by atoms with E-state index in [1.54, 1.807) is 6.92 Å². The van der Waals surface area contributed by atoms with Crippen molar-refractivity contribution in [3.05, 3.63) is 48.5 Å². The lowest BCUT2D eigenvalue weighted by molar-refractivity contribution is -0.112. The van der Waals surface area contributed by atoms with Gasteiger partial charge in [0.05, 0.1) is 22.8 Å².